The number of aliphatic hydroxyl groups is 1. The fourth-order valence-corrected chi connectivity index (χ4v) is 1.35. The summed E-state index contributed by atoms with van der Waals surface area (Å²) in [5, 5.41) is 8.97. The largest absolute Gasteiger partial charge is 0.390 e. The summed E-state index contributed by atoms with van der Waals surface area (Å²) in [5.74, 6) is 1.57. The summed E-state index contributed by atoms with van der Waals surface area (Å²) in [5.41, 5.74) is -0.828. The molecule has 0 unspecified atom stereocenters. The summed E-state index contributed by atoms with van der Waals surface area (Å²) >= 11 is 0. The first-order valence-corrected chi connectivity index (χ1v) is 7.34. The fourth-order valence-electron chi connectivity index (χ4n) is 1.35. The van der Waals surface area contributed by atoms with Gasteiger partial charge in [0.15, 0.2) is 0 Å². The Morgan fingerprint density at radius 2 is 1.42 bits per heavy atom. The fraction of sp³-hybridized carbons (Fsp3) is 0.938. The summed E-state index contributed by atoms with van der Waals surface area (Å²) < 4.78 is 5.46. The van der Waals surface area contributed by atoms with Crippen molar-refractivity contribution >= 4 is 5.78 Å². The van der Waals surface area contributed by atoms with Crippen LogP contribution in [-0.2, 0) is 9.53 Å². The number of hydrogen-bond donors (Lipinski definition) is 1. The number of Topliss-reactive ketones (excluding diaryl/α,β-unsaturated/α-hetero) is 1. The van der Waals surface area contributed by atoms with Gasteiger partial charge in [0.25, 0.3) is 0 Å². The van der Waals surface area contributed by atoms with Gasteiger partial charge in [0.2, 0.25) is 0 Å². The van der Waals surface area contributed by atoms with Crippen LogP contribution < -0.4 is 0 Å². The van der Waals surface area contributed by atoms with E-state index >= 15 is 0 Å². The second-order valence-corrected chi connectivity index (χ2v) is 6.67. The topological polar surface area (TPSA) is 46.5 Å². The van der Waals surface area contributed by atoms with Crippen LogP contribution in [0.25, 0.3) is 0 Å². The monoisotopic (exact) mass is 274 g/mol. The Morgan fingerprint density at radius 1 is 1.05 bits per heavy atom. The Kier molecular flexibility index (Phi) is 12.6. The predicted octanol–water partition coefficient (Wildman–Crippen LogP) is 3.83. The molecule has 0 rings (SSSR count). The van der Waals surface area contributed by atoms with Crippen molar-refractivity contribution in [2.45, 2.75) is 73.3 Å². The second kappa shape index (κ2) is 11.4. The van der Waals surface area contributed by atoms with Crippen molar-refractivity contribution < 1.29 is 14.6 Å². The highest BCUT2D eigenvalue weighted by Crippen LogP contribution is 2.06. The van der Waals surface area contributed by atoms with Gasteiger partial charge in [0.05, 0.1) is 5.60 Å². The van der Waals surface area contributed by atoms with Crippen molar-refractivity contribution in [3.63, 3.8) is 0 Å². The van der Waals surface area contributed by atoms with Crippen molar-refractivity contribution in [3.05, 3.63) is 0 Å². The van der Waals surface area contributed by atoms with Gasteiger partial charge >= 0.3 is 0 Å². The molecular formula is C16H34O3. The molecule has 0 fully saturated rings. The second-order valence-electron chi connectivity index (χ2n) is 6.67. The van der Waals surface area contributed by atoms with Gasteiger partial charge in [-0.25, -0.2) is 0 Å². The lowest BCUT2D eigenvalue weighted by Gasteiger charge is -2.13. The standard InChI is InChI=1S/C10H22O.C6H12O2/c1-9(2)5-7-11-8-6-10(3)4;1-5(7)4-6(2,3)8/h9-10H,5-8H2,1-4H3;8H,4H2,1-3H3. The Balaban J connectivity index is 0. The molecule has 0 saturated heterocycles. The van der Waals surface area contributed by atoms with Gasteiger partial charge in [-0.15, -0.1) is 0 Å². The molecule has 3 heteroatoms. The minimum absolute atomic E-state index is 0.0255. The molecule has 0 amide bonds. The third-order valence-corrected chi connectivity index (χ3v) is 2.36. The lowest BCUT2D eigenvalue weighted by molar-refractivity contribution is -0.120. The summed E-state index contributed by atoms with van der Waals surface area (Å²) in [4.78, 5) is 10.3. The molecule has 0 saturated carbocycles. The van der Waals surface area contributed by atoms with Gasteiger partial charge in [-0.3, -0.25) is 4.79 Å². The minimum Gasteiger partial charge on any atom is -0.390 e. The quantitative estimate of drug-likeness (QED) is 0.684. The van der Waals surface area contributed by atoms with Crippen molar-refractivity contribution in [2.75, 3.05) is 13.2 Å². The van der Waals surface area contributed by atoms with Crippen LogP contribution >= 0.6 is 0 Å². The molecular weight excluding hydrogens is 240 g/mol. The predicted molar refractivity (Wildman–Crippen MR) is 81.3 cm³/mol. The number of ether oxygens (including phenoxy) is 1. The molecule has 0 aromatic rings. The van der Waals surface area contributed by atoms with Crippen molar-refractivity contribution in [1.82, 2.24) is 0 Å². The van der Waals surface area contributed by atoms with Gasteiger partial charge in [-0.1, -0.05) is 27.7 Å². The van der Waals surface area contributed by atoms with E-state index in [4.69, 9.17) is 9.84 Å². The highest BCUT2D eigenvalue weighted by Gasteiger charge is 2.13. The smallest absolute Gasteiger partial charge is 0.132 e. The van der Waals surface area contributed by atoms with E-state index in [0.29, 0.717) is 0 Å². The van der Waals surface area contributed by atoms with Crippen molar-refractivity contribution in [3.8, 4) is 0 Å². The van der Waals surface area contributed by atoms with E-state index in [9.17, 15) is 4.79 Å². The number of ketones is 1. The van der Waals surface area contributed by atoms with E-state index in [0.717, 1.165) is 25.0 Å². The molecule has 0 aliphatic heterocycles. The van der Waals surface area contributed by atoms with Crippen LogP contribution in [0.4, 0.5) is 0 Å². The molecule has 19 heavy (non-hydrogen) atoms. The van der Waals surface area contributed by atoms with Gasteiger partial charge in [0.1, 0.15) is 5.78 Å². The molecule has 116 valence electrons. The third kappa shape index (κ3) is 27.0. The van der Waals surface area contributed by atoms with Crippen molar-refractivity contribution in [1.29, 1.82) is 0 Å². The summed E-state index contributed by atoms with van der Waals surface area (Å²) in [6.45, 7) is 15.5. The number of carbonyl (C=O) groups is 1. The van der Waals surface area contributed by atoms with Gasteiger partial charge in [0, 0.05) is 19.6 Å². The van der Waals surface area contributed by atoms with Crippen molar-refractivity contribution in [2.24, 2.45) is 11.8 Å². The number of carbonyl (C=O) groups excluding carboxylic acids is 1. The molecule has 0 radical (unpaired) electrons. The molecule has 0 aromatic carbocycles. The van der Waals surface area contributed by atoms with E-state index in [1.54, 1.807) is 13.8 Å². The van der Waals surface area contributed by atoms with Crippen LogP contribution in [0.5, 0.6) is 0 Å². The molecule has 0 spiro atoms. The van der Waals surface area contributed by atoms with Crippen LogP contribution in [0.1, 0.15) is 67.7 Å². The lowest BCUT2D eigenvalue weighted by Crippen LogP contribution is -2.21. The Morgan fingerprint density at radius 3 is 1.58 bits per heavy atom. The Hall–Kier alpha value is -0.410. The molecule has 1 N–H and O–H groups in total. The third-order valence-electron chi connectivity index (χ3n) is 2.36. The molecule has 0 atom stereocenters. The van der Waals surface area contributed by atoms with E-state index in [1.807, 2.05) is 0 Å². The molecule has 3 nitrogen and oxygen atoms in total. The van der Waals surface area contributed by atoms with E-state index < -0.39 is 5.60 Å². The average molecular weight is 274 g/mol. The normalized spacial score (nSPS) is 11.5. The minimum atomic E-state index is -0.828. The van der Waals surface area contributed by atoms with Crippen LogP contribution in [0.15, 0.2) is 0 Å². The first kappa shape index (κ1) is 20.9. The van der Waals surface area contributed by atoms with Crippen LogP contribution in [0.2, 0.25) is 0 Å². The highest BCUT2D eigenvalue weighted by molar-refractivity contribution is 5.76. The molecule has 0 aliphatic carbocycles. The zero-order valence-electron chi connectivity index (χ0n) is 14.0. The maximum Gasteiger partial charge on any atom is 0.132 e. The van der Waals surface area contributed by atoms with Gasteiger partial charge in [-0.2, -0.15) is 0 Å². The van der Waals surface area contributed by atoms with Crippen LogP contribution in [0, 0.1) is 11.8 Å². The van der Waals surface area contributed by atoms with E-state index in [2.05, 4.69) is 27.7 Å². The molecule has 0 aromatic heterocycles. The molecule has 0 bridgehead atoms. The van der Waals surface area contributed by atoms with E-state index in [1.165, 1.54) is 19.8 Å². The Bertz CT molecular complexity index is 205. The van der Waals surface area contributed by atoms with Gasteiger partial charge < -0.3 is 9.84 Å². The zero-order valence-corrected chi connectivity index (χ0v) is 14.0. The summed E-state index contributed by atoms with van der Waals surface area (Å²) in [6, 6.07) is 0. The first-order chi connectivity index (χ1) is 8.54. The summed E-state index contributed by atoms with van der Waals surface area (Å²) in [7, 11) is 0. The number of hydrogen-bond acceptors (Lipinski definition) is 3. The molecule has 0 heterocycles. The molecule has 0 aliphatic rings. The maximum absolute atomic E-state index is 10.3. The number of rotatable bonds is 8. The SMILES string of the molecule is CC(=O)CC(C)(C)O.CC(C)CCOCCC(C)C. The zero-order chi connectivity index (χ0) is 15.5. The maximum atomic E-state index is 10.3. The van der Waals surface area contributed by atoms with Crippen LogP contribution in [0.3, 0.4) is 0 Å². The lowest BCUT2D eigenvalue weighted by atomic mass is 10.0. The average Bonchev–Trinajstić information content (AvgIpc) is 2.12. The Labute approximate surface area is 119 Å². The highest BCUT2D eigenvalue weighted by atomic mass is 16.5. The summed E-state index contributed by atoms with van der Waals surface area (Å²) in [6.07, 6.45) is 2.63. The van der Waals surface area contributed by atoms with Crippen LogP contribution in [-0.4, -0.2) is 29.7 Å². The van der Waals surface area contributed by atoms with Gasteiger partial charge in [-0.05, 0) is 45.4 Å². The first-order valence-electron chi connectivity index (χ1n) is 7.34. The van der Waals surface area contributed by atoms with E-state index in [-0.39, 0.29) is 12.2 Å².